The van der Waals surface area contributed by atoms with Gasteiger partial charge in [0, 0.05) is 37.8 Å². The molecule has 166 valence electrons. The molecule has 1 aliphatic carbocycles. The molecule has 1 saturated heterocycles. The molecule has 0 N–H and O–H groups in total. The molecule has 0 unspecified atom stereocenters. The number of anilines is 1. The lowest BCUT2D eigenvalue weighted by Crippen LogP contribution is -2.50. The minimum Gasteiger partial charge on any atom is -0.452 e. The van der Waals surface area contributed by atoms with Gasteiger partial charge in [0.15, 0.2) is 6.61 Å². The van der Waals surface area contributed by atoms with Crippen LogP contribution in [-0.4, -0.2) is 59.7 Å². The molecule has 1 aromatic carbocycles. The molecule has 1 amide bonds. The van der Waals surface area contributed by atoms with Gasteiger partial charge in [-0.15, -0.1) is 0 Å². The van der Waals surface area contributed by atoms with Gasteiger partial charge in [-0.2, -0.15) is 0 Å². The summed E-state index contributed by atoms with van der Waals surface area (Å²) in [6.45, 7) is 3.26. The lowest BCUT2D eigenvalue weighted by Gasteiger charge is -2.36. The SMILES string of the molecule is Cc1noc2nc(C3CC3)cc(C(=O)OCC(=O)N3CCN(c4ccccc4F)CC3)c12. The lowest BCUT2D eigenvalue weighted by atomic mass is 10.1. The fourth-order valence-corrected chi connectivity index (χ4v) is 4.06. The Hall–Kier alpha value is -3.49. The summed E-state index contributed by atoms with van der Waals surface area (Å²) in [7, 11) is 0. The fraction of sp³-hybridized carbons (Fsp3) is 0.391. The molecule has 2 aromatic heterocycles. The van der Waals surface area contributed by atoms with Crippen molar-refractivity contribution >= 4 is 28.7 Å². The number of aromatic nitrogens is 2. The Morgan fingerprint density at radius 1 is 1.19 bits per heavy atom. The number of para-hydroxylation sites is 1. The van der Waals surface area contributed by atoms with Gasteiger partial charge in [0.1, 0.15) is 5.82 Å². The molecule has 0 atom stereocenters. The highest BCUT2D eigenvalue weighted by atomic mass is 19.1. The number of carbonyl (C=O) groups is 2. The summed E-state index contributed by atoms with van der Waals surface area (Å²) < 4.78 is 24.6. The summed E-state index contributed by atoms with van der Waals surface area (Å²) in [5, 5.41) is 4.43. The number of piperazine rings is 1. The van der Waals surface area contributed by atoms with Gasteiger partial charge in [-0.3, -0.25) is 4.79 Å². The third kappa shape index (κ3) is 3.90. The summed E-state index contributed by atoms with van der Waals surface area (Å²) >= 11 is 0. The minimum absolute atomic E-state index is 0.277. The first-order valence-electron chi connectivity index (χ1n) is 10.7. The van der Waals surface area contributed by atoms with E-state index in [9.17, 15) is 14.0 Å². The Morgan fingerprint density at radius 3 is 2.66 bits per heavy atom. The highest BCUT2D eigenvalue weighted by molar-refractivity contribution is 6.03. The first-order valence-corrected chi connectivity index (χ1v) is 10.7. The summed E-state index contributed by atoms with van der Waals surface area (Å²) in [5.41, 5.74) is 2.51. The predicted molar refractivity (Wildman–Crippen MR) is 114 cm³/mol. The number of nitrogens with zero attached hydrogens (tertiary/aromatic N) is 4. The number of hydrogen-bond acceptors (Lipinski definition) is 7. The number of halogens is 1. The third-order valence-corrected chi connectivity index (χ3v) is 6.00. The smallest absolute Gasteiger partial charge is 0.339 e. The zero-order valence-electron chi connectivity index (χ0n) is 17.7. The molecule has 2 aliphatic rings. The number of rotatable bonds is 5. The molecule has 9 heteroatoms. The van der Waals surface area contributed by atoms with Crippen molar-refractivity contribution in [3.05, 3.63) is 53.1 Å². The number of benzene rings is 1. The number of carbonyl (C=O) groups excluding carboxylic acids is 2. The second-order valence-corrected chi connectivity index (χ2v) is 8.21. The molecule has 1 saturated carbocycles. The van der Waals surface area contributed by atoms with Crippen LogP contribution < -0.4 is 4.90 Å². The van der Waals surface area contributed by atoms with E-state index >= 15 is 0 Å². The maximum absolute atomic E-state index is 14.0. The van der Waals surface area contributed by atoms with Crippen molar-refractivity contribution in [3.8, 4) is 0 Å². The monoisotopic (exact) mass is 438 g/mol. The van der Waals surface area contributed by atoms with Crippen LogP contribution in [0.2, 0.25) is 0 Å². The normalized spacial score (nSPS) is 16.4. The van der Waals surface area contributed by atoms with Crippen molar-refractivity contribution in [2.45, 2.75) is 25.7 Å². The van der Waals surface area contributed by atoms with Gasteiger partial charge in [0.05, 0.1) is 22.3 Å². The van der Waals surface area contributed by atoms with Gasteiger partial charge < -0.3 is 19.1 Å². The molecule has 8 nitrogen and oxygen atoms in total. The van der Waals surface area contributed by atoms with Crippen molar-refractivity contribution in [2.24, 2.45) is 0 Å². The van der Waals surface area contributed by atoms with Gasteiger partial charge in [-0.05, 0) is 38.0 Å². The second-order valence-electron chi connectivity index (χ2n) is 8.21. The zero-order chi connectivity index (χ0) is 22.2. The maximum Gasteiger partial charge on any atom is 0.339 e. The van der Waals surface area contributed by atoms with E-state index in [0.29, 0.717) is 60.1 Å². The van der Waals surface area contributed by atoms with Crippen LogP contribution in [0.5, 0.6) is 0 Å². The quantitative estimate of drug-likeness (QED) is 0.566. The van der Waals surface area contributed by atoms with E-state index in [-0.39, 0.29) is 18.3 Å². The standard InChI is InChI=1S/C23H23FN4O4/c1-14-21-16(12-18(15-6-7-15)25-22(21)32-26-14)23(30)31-13-20(29)28-10-8-27(9-11-28)19-5-3-2-4-17(19)24/h2-5,12,15H,6-11,13H2,1H3. The number of ether oxygens (including phenoxy) is 1. The molecule has 1 aliphatic heterocycles. The summed E-state index contributed by atoms with van der Waals surface area (Å²) in [6.07, 6.45) is 2.05. The average molecular weight is 438 g/mol. The molecule has 0 bridgehead atoms. The van der Waals surface area contributed by atoms with Crippen molar-refractivity contribution in [1.82, 2.24) is 15.0 Å². The Balaban J connectivity index is 1.22. The van der Waals surface area contributed by atoms with Gasteiger partial charge in [-0.1, -0.05) is 17.3 Å². The van der Waals surface area contributed by atoms with Crippen molar-refractivity contribution in [1.29, 1.82) is 0 Å². The number of esters is 1. The topological polar surface area (TPSA) is 88.8 Å². The second kappa shape index (κ2) is 8.22. The van der Waals surface area contributed by atoms with E-state index in [1.54, 1.807) is 36.1 Å². The number of pyridine rings is 1. The Morgan fingerprint density at radius 2 is 1.94 bits per heavy atom. The Kier molecular flexibility index (Phi) is 5.24. The number of aryl methyl sites for hydroxylation is 1. The van der Waals surface area contributed by atoms with Crippen LogP contribution in [0.25, 0.3) is 11.1 Å². The lowest BCUT2D eigenvalue weighted by molar-refractivity contribution is -0.134. The number of fused-ring (bicyclic) bond motifs is 1. The van der Waals surface area contributed by atoms with Gasteiger partial charge in [0.25, 0.3) is 11.6 Å². The first kappa shape index (κ1) is 20.4. The van der Waals surface area contributed by atoms with Crippen LogP contribution in [0.3, 0.4) is 0 Å². The van der Waals surface area contributed by atoms with Crippen LogP contribution in [0, 0.1) is 12.7 Å². The third-order valence-electron chi connectivity index (χ3n) is 6.00. The van der Waals surface area contributed by atoms with Gasteiger partial charge in [0.2, 0.25) is 0 Å². The highest BCUT2D eigenvalue weighted by Crippen LogP contribution is 2.40. The Bertz CT molecular complexity index is 1180. The van der Waals surface area contributed by atoms with Crippen LogP contribution >= 0.6 is 0 Å². The molecular weight excluding hydrogens is 415 g/mol. The molecule has 5 rings (SSSR count). The molecular formula is C23H23FN4O4. The molecule has 32 heavy (non-hydrogen) atoms. The summed E-state index contributed by atoms with van der Waals surface area (Å²) in [4.78, 5) is 33.5. The largest absolute Gasteiger partial charge is 0.452 e. The van der Waals surface area contributed by atoms with Crippen LogP contribution in [0.1, 0.15) is 40.5 Å². The average Bonchev–Trinajstić information content (AvgIpc) is 3.60. The van der Waals surface area contributed by atoms with Crippen LogP contribution in [0.4, 0.5) is 10.1 Å². The molecule has 2 fully saturated rings. The highest BCUT2D eigenvalue weighted by Gasteiger charge is 2.30. The van der Waals surface area contributed by atoms with E-state index in [1.165, 1.54) is 6.07 Å². The van der Waals surface area contributed by atoms with Crippen molar-refractivity contribution in [2.75, 3.05) is 37.7 Å². The number of amides is 1. The zero-order valence-corrected chi connectivity index (χ0v) is 17.7. The minimum atomic E-state index is -0.594. The predicted octanol–water partition coefficient (Wildman–Crippen LogP) is 3.05. The van der Waals surface area contributed by atoms with Crippen LogP contribution in [-0.2, 0) is 9.53 Å². The van der Waals surface area contributed by atoms with E-state index in [0.717, 1.165) is 18.5 Å². The molecule has 3 heterocycles. The van der Waals surface area contributed by atoms with Crippen molar-refractivity contribution < 1.29 is 23.2 Å². The Labute approximate surface area is 183 Å². The maximum atomic E-state index is 14.0. The molecule has 0 spiro atoms. The van der Waals surface area contributed by atoms with E-state index in [2.05, 4.69) is 10.1 Å². The van der Waals surface area contributed by atoms with E-state index in [1.807, 2.05) is 4.90 Å². The van der Waals surface area contributed by atoms with Gasteiger partial charge >= 0.3 is 5.97 Å². The van der Waals surface area contributed by atoms with Crippen LogP contribution in [0.15, 0.2) is 34.9 Å². The van der Waals surface area contributed by atoms with Crippen molar-refractivity contribution in [3.63, 3.8) is 0 Å². The van der Waals surface area contributed by atoms with E-state index < -0.39 is 5.97 Å². The van der Waals surface area contributed by atoms with E-state index in [4.69, 9.17) is 9.26 Å². The summed E-state index contributed by atoms with van der Waals surface area (Å²) in [5.74, 6) is -0.826. The molecule has 3 aromatic rings. The van der Waals surface area contributed by atoms with Gasteiger partial charge in [-0.25, -0.2) is 14.2 Å². The summed E-state index contributed by atoms with van der Waals surface area (Å²) in [6, 6.07) is 8.32. The molecule has 0 radical (unpaired) electrons. The number of hydrogen-bond donors (Lipinski definition) is 0. The fourth-order valence-electron chi connectivity index (χ4n) is 4.06. The first-order chi connectivity index (χ1) is 15.5.